The highest BCUT2D eigenvalue weighted by Crippen LogP contribution is 2.32. The van der Waals surface area contributed by atoms with E-state index in [0.717, 1.165) is 22.7 Å². The van der Waals surface area contributed by atoms with Gasteiger partial charge in [-0.1, -0.05) is 30.3 Å². The second kappa shape index (κ2) is 8.83. The molecule has 0 radical (unpaired) electrons. The Labute approximate surface area is 186 Å². The Morgan fingerprint density at radius 1 is 1.06 bits per heavy atom. The largest absolute Gasteiger partial charge is 0.467 e. The lowest BCUT2D eigenvalue weighted by atomic mass is 10.1. The first-order chi connectivity index (χ1) is 14.9. The van der Waals surface area contributed by atoms with Crippen LogP contribution >= 0.6 is 12.2 Å². The second-order valence-corrected chi connectivity index (χ2v) is 9.30. The number of hydrogen-bond donors (Lipinski definition) is 3. The third-order valence-electron chi connectivity index (χ3n) is 4.77. The number of para-hydroxylation sites is 1. The molecule has 0 saturated heterocycles. The summed E-state index contributed by atoms with van der Waals surface area (Å²) in [6.45, 7) is 1.60. The molecule has 160 valence electrons. The van der Waals surface area contributed by atoms with Gasteiger partial charge in [-0.15, -0.1) is 0 Å². The fourth-order valence-electron chi connectivity index (χ4n) is 3.15. The van der Waals surface area contributed by atoms with Crippen molar-refractivity contribution in [3.8, 4) is 0 Å². The van der Waals surface area contributed by atoms with Gasteiger partial charge in [0.1, 0.15) is 11.8 Å². The maximum Gasteiger partial charge on any atom is 0.232 e. The first-order valence-electron chi connectivity index (χ1n) is 9.73. The van der Waals surface area contributed by atoms with Crippen molar-refractivity contribution in [1.82, 2.24) is 10.4 Å². The lowest BCUT2D eigenvalue weighted by Gasteiger charge is -2.27. The SMILES string of the molecule is CCS(=O)(=O)Nc1ccc(C2=C[C@H](c3ccco3)N(C(=S)Nc3ccccc3)N2)cc1. The second-order valence-electron chi connectivity index (χ2n) is 6.90. The van der Waals surface area contributed by atoms with E-state index in [1.165, 1.54) is 0 Å². The van der Waals surface area contributed by atoms with Gasteiger partial charge in [0.2, 0.25) is 10.0 Å². The van der Waals surface area contributed by atoms with E-state index in [-0.39, 0.29) is 11.8 Å². The lowest BCUT2D eigenvalue weighted by Crippen LogP contribution is -2.42. The van der Waals surface area contributed by atoms with Crippen molar-refractivity contribution in [2.75, 3.05) is 15.8 Å². The molecule has 4 rings (SSSR count). The number of nitrogens with zero attached hydrogens (tertiary/aromatic N) is 1. The Morgan fingerprint density at radius 2 is 1.81 bits per heavy atom. The third-order valence-corrected chi connectivity index (χ3v) is 6.38. The molecule has 1 atom stereocenters. The van der Waals surface area contributed by atoms with Crippen molar-refractivity contribution in [3.05, 3.63) is 90.4 Å². The van der Waals surface area contributed by atoms with E-state index in [1.807, 2.05) is 65.7 Å². The number of thiocarbonyl (C=S) groups is 1. The standard InChI is InChI=1S/C22H22N4O3S2/c1-2-31(27,28)25-18-12-10-16(11-13-18)19-15-20(21-9-6-14-29-21)26(24-19)22(30)23-17-7-4-3-5-8-17/h3-15,20,24-25H,2H2,1H3,(H,23,30)/t20-/m1/s1. The zero-order chi connectivity index (χ0) is 21.8. The molecule has 0 unspecified atom stereocenters. The summed E-state index contributed by atoms with van der Waals surface area (Å²) in [5.41, 5.74) is 6.46. The van der Waals surface area contributed by atoms with Crippen molar-refractivity contribution in [1.29, 1.82) is 0 Å². The number of hydrazine groups is 1. The predicted molar refractivity (Wildman–Crippen MR) is 127 cm³/mol. The molecule has 1 aliphatic heterocycles. The zero-order valence-corrected chi connectivity index (χ0v) is 18.4. The van der Waals surface area contributed by atoms with Gasteiger partial charge in [-0.3, -0.25) is 10.1 Å². The van der Waals surface area contributed by atoms with Crippen LogP contribution in [0.4, 0.5) is 11.4 Å². The number of anilines is 2. The lowest BCUT2D eigenvalue weighted by molar-refractivity contribution is 0.306. The fourth-order valence-corrected chi connectivity index (χ4v) is 4.07. The summed E-state index contributed by atoms with van der Waals surface area (Å²) in [5, 5.41) is 5.55. The fraction of sp³-hybridized carbons (Fsp3) is 0.136. The molecule has 0 aliphatic carbocycles. The quantitative estimate of drug-likeness (QED) is 0.478. The van der Waals surface area contributed by atoms with Crippen LogP contribution in [0.3, 0.4) is 0 Å². The van der Waals surface area contributed by atoms with Gasteiger partial charge in [-0.2, -0.15) is 0 Å². The monoisotopic (exact) mass is 454 g/mol. The molecule has 3 N–H and O–H groups in total. The topological polar surface area (TPSA) is 86.6 Å². The van der Waals surface area contributed by atoms with E-state index >= 15 is 0 Å². The molecular formula is C22H22N4O3S2. The number of sulfonamides is 1. The molecule has 3 aromatic rings. The Balaban J connectivity index is 1.56. The minimum atomic E-state index is -3.32. The number of hydrogen-bond acceptors (Lipinski definition) is 5. The van der Waals surface area contributed by atoms with Crippen LogP contribution in [0.25, 0.3) is 5.70 Å². The molecule has 1 aliphatic rings. The van der Waals surface area contributed by atoms with Gasteiger partial charge in [0.05, 0.1) is 17.7 Å². The summed E-state index contributed by atoms with van der Waals surface area (Å²) in [6, 6.07) is 20.3. The maximum atomic E-state index is 11.8. The minimum absolute atomic E-state index is 0.0209. The highest BCUT2D eigenvalue weighted by Gasteiger charge is 2.30. The van der Waals surface area contributed by atoms with Gasteiger partial charge in [0.15, 0.2) is 5.11 Å². The van der Waals surface area contributed by atoms with Crippen molar-refractivity contribution in [2.24, 2.45) is 0 Å². The van der Waals surface area contributed by atoms with E-state index in [0.29, 0.717) is 10.8 Å². The van der Waals surface area contributed by atoms with Crippen molar-refractivity contribution < 1.29 is 12.8 Å². The van der Waals surface area contributed by atoms with Crippen LogP contribution in [0.1, 0.15) is 24.3 Å². The normalized spacial score (nSPS) is 15.8. The summed E-state index contributed by atoms with van der Waals surface area (Å²) in [6.07, 6.45) is 3.64. The highest BCUT2D eigenvalue weighted by atomic mass is 32.2. The highest BCUT2D eigenvalue weighted by molar-refractivity contribution is 7.92. The Morgan fingerprint density at radius 3 is 2.45 bits per heavy atom. The van der Waals surface area contributed by atoms with E-state index in [1.54, 1.807) is 25.3 Å². The number of benzene rings is 2. The predicted octanol–water partition coefficient (Wildman–Crippen LogP) is 4.34. The van der Waals surface area contributed by atoms with Crippen LogP contribution in [0.15, 0.2) is 83.5 Å². The van der Waals surface area contributed by atoms with Crippen LogP contribution in [0, 0.1) is 0 Å². The molecule has 7 nitrogen and oxygen atoms in total. The van der Waals surface area contributed by atoms with E-state index < -0.39 is 10.0 Å². The molecule has 0 saturated carbocycles. The Kier molecular flexibility index (Phi) is 5.97. The van der Waals surface area contributed by atoms with Crippen molar-refractivity contribution in [3.63, 3.8) is 0 Å². The van der Waals surface area contributed by atoms with Gasteiger partial charge in [-0.25, -0.2) is 13.4 Å². The molecule has 1 aromatic heterocycles. The van der Waals surface area contributed by atoms with Crippen molar-refractivity contribution in [2.45, 2.75) is 13.0 Å². The number of furan rings is 1. The molecule has 0 spiro atoms. The van der Waals surface area contributed by atoms with Crippen LogP contribution in [-0.2, 0) is 10.0 Å². The zero-order valence-electron chi connectivity index (χ0n) is 16.8. The summed E-state index contributed by atoms with van der Waals surface area (Å²) in [7, 11) is -3.32. The molecule has 2 aromatic carbocycles. The summed E-state index contributed by atoms with van der Waals surface area (Å²) in [5.74, 6) is 0.764. The molecule has 0 amide bonds. The van der Waals surface area contributed by atoms with Gasteiger partial charge in [0.25, 0.3) is 0 Å². The average molecular weight is 455 g/mol. The van der Waals surface area contributed by atoms with E-state index in [2.05, 4.69) is 15.5 Å². The van der Waals surface area contributed by atoms with Crippen LogP contribution in [-0.4, -0.2) is 24.3 Å². The average Bonchev–Trinajstić information content (AvgIpc) is 3.45. The smallest absolute Gasteiger partial charge is 0.232 e. The molecule has 31 heavy (non-hydrogen) atoms. The molecule has 9 heteroatoms. The first-order valence-corrected chi connectivity index (χ1v) is 11.8. The van der Waals surface area contributed by atoms with Crippen LogP contribution < -0.4 is 15.5 Å². The van der Waals surface area contributed by atoms with Gasteiger partial charge >= 0.3 is 0 Å². The van der Waals surface area contributed by atoms with Crippen LogP contribution in [0.2, 0.25) is 0 Å². The summed E-state index contributed by atoms with van der Waals surface area (Å²) < 4.78 is 31.7. The van der Waals surface area contributed by atoms with Gasteiger partial charge in [0, 0.05) is 11.4 Å². The number of rotatable bonds is 6. The minimum Gasteiger partial charge on any atom is -0.467 e. The van der Waals surface area contributed by atoms with E-state index in [9.17, 15) is 8.42 Å². The Bertz CT molecular complexity index is 1180. The molecule has 0 fully saturated rings. The van der Waals surface area contributed by atoms with Crippen LogP contribution in [0.5, 0.6) is 0 Å². The third kappa shape index (κ3) is 4.89. The van der Waals surface area contributed by atoms with Crippen molar-refractivity contribution >= 4 is 44.4 Å². The number of nitrogens with one attached hydrogen (secondary N) is 3. The molecular weight excluding hydrogens is 432 g/mol. The summed E-state index contributed by atoms with van der Waals surface area (Å²) in [4.78, 5) is 0. The molecule has 0 bridgehead atoms. The van der Waals surface area contributed by atoms with E-state index in [4.69, 9.17) is 16.6 Å². The Hall–Kier alpha value is -3.30. The van der Waals surface area contributed by atoms with Gasteiger partial charge < -0.3 is 9.73 Å². The summed E-state index contributed by atoms with van der Waals surface area (Å²) >= 11 is 5.64. The first kappa shape index (κ1) is 21.0. The maximum absolute atomic E-state index is 11.8. The molecule has 2 heterocycles. The van der Waals surface area contributed by atoms with Gasteiger partial charge in [-0.05, 0) is 67.2 Å².